The summed E-state index contributed by atoms with van der Waals surface area (Å²) in [4.78, 5) is 11.2. The Bertz CT molecular complexity index is 228. The van der Waals surface area contributed by atoms with Gasteiger partial charge in [-0.3, -0.25) is 4.79 Å². The van der Waals surface area contributed by atoms with Gasteiger partial charge in [-0.1, -0.05) is 0 Å². The van der Waals surface area contributed by atoms with Crippen molar-refractivity contribution < 1.29 is 18.0 Å². The molecule has 0 atom stereocenters. The second-order valence-corrected chi connectivity index (χ2v) is 4.30. The second-order valence-electron chi connectivity index (χ2n) is 4.30. The zero-order chi connectivity index (χ0) is 11.8. The maximum atomic E-state index is 12.3. The molecule has 0 bridgehead atoms. The Hall–Kier alpha value is -0.780. The van der Waals surface area contributed by atoms with E-state index in [-0.39, 0.29) is 0 Å². The molecule has 0 radical (unpaired) electrons. The van der Waals surface area contributed by atoms with E-state index in [9.17, 15) is 18.0 Å². The summed E-state index contributed by atoms with van der Waals surface area (Å²) in [6, 6.07) is 0. The number of nitrogens with one attached hydrogen (secondary N) is 1. The van der Waals surface area contributed by atoms with Crippen LogP contribution in [0.15, 0.2) is 0 Å². The normalized spacial score (nSPS) is 14.0. The molecule has 0 spiro atoms. The summed E-state index contributed by atoms with van der Waals surface area (Å²) >= 11 is 0. The minimum absolute atomic E-state index is 0.833. The van der Waals surface area contributed by atoms with Crippen molar-refractivity contribution in [3.8, 4) is 0 Å². The van der Waals surface area contributed by atoms with Crippen LogP contribution < -0.4 is 11.1 Å². The molecular weight excluding hydrogens is 197 g/mol. The topological polar surface area (TPSA) is 55.1 Å². The smallest absolute Gasteiger partial charge is 0.341 e. The van der Waals surface area contributed by atoms with Crippen LogP contribution in [0.4, 0.5) is 13.2 Å². The van der Waals surface area contributed by atoms with Crippen molar-refractivity contribution in [3.63, 3.8) is 0 Å². The van der Waals surface area contributed by atoms with Gasteiger partial charge in [0.2, 0.25) is 5.91 Å². The number of carbonyl (C=O) groups excluding carboxylic acids is 1. The van der Waals surface area contributed by atoms with Crippen LogP contribution in [0.25, 0.3) is 0 Å². The molecule has 0 rings (SSSR count). The fraction of sp³-hybridized carbons (Fsp3) is 0.875. The number of halogens is 3. The SMILES string of the molecule is CC(C)(N)C(=O)NC(C)(C)C(F)(F)F. The predicted molar refractivity (Wildman–Crippen MR) is 46.5 cm³/mol. The Morgan fingerprint density at radius 3 is 1.71 bits per heavy atom. The van der Waals surface area contributed by atoms with Crippen LogP contribution in [0.2, 0.25) is 0 Å². The quantitative estimate of drug-likeness (QED) is 0.722. The molecule has 0 aromatic heterocycles. The van der Waals surface area contributed by atoms with Crippen LogP contribution in [0, 0.1) is 0 Å². The van der Waals surface area contributed by atoms with E-state index in [1.54, 1.807) is 0 Å². The monoisotopic (exact) mass is 212 g/mol. The highest BCUT2D eigenvalue weighted by Crippen LogP contribution is 2.29. The lowest BCUT2D eigenvalue weighted by Crippen LogP contribution is -2.60. The van der Waals surface area contributed by atoms with Crippen LogP contribution in [-0.4, -0.2) is 23.2 Å². The summed E-state index contributed by atoms with van der Waals surface area (Å²) < 4.78 is 37.0. The van der Waals surface area contributed by atoms with E-state index in [2.05, 4.69) is 0 Å². The molecule has 84 valence electrons. The Labute approximate surface area is 80.8 Å². The first-order valence-corrected chi connectivity index (χ1v) is 4.06. The maximum Gasteiger partial charge on any atom is 0.410 e. The third-order valence-corrected chi connectivity index (χ3v) is 1.72. The van der Waals surface area contributed by atoms with E-state index >= 15 is 0 Å². The molecule has 0 saturated heterocycles. The summed E-state index contributed by atoms with van der Waals surface area (Å²) in [5, 5.41) is 1.85. The second kappa shape index (κ2) is 3.42. The maximum absolute atomic E-state index is 12.3. The molecule has 0 unspecified atom stereocenters. The molecule has 0 aliphatic carbocycles. The number of alkyl halides is 3. The van der Waals surface area contributed by atoms with Crippen LogP contribution in [-0.2, 0) is 4.79 Å². The number of carbonyl (C=O) groups is 1. The average molecular weight is 212 g/mol. The minimum atomic E-state index is -4.49. The molecule has 3 nitrogen and oxygen atoms in total. The van der Waals surface area contributed by atoms with Crippen LogP contribution in [0.3, 0.4) is 0 Å². The molecular formula is C8H15F3N2O. The molecule has 0 fully saturated rings. The molecule has 3 N–H and O–H groups in total. The van der Waals surface area contributed by atoms with Gasteiger partial charge in [-0.15, -0.1) is 0 Å². The number of hydrogen-bond acceptors (Lipinski definition) is 2. The number of hydrogen-bond donors (Lipinski definition) is 2. The van der Waals surface area contributed by atoms with Gasteiger partial charge < -0.3 is 11.1 Å². The highest BCUT2D eigenvalue weighted by molar-refractivity contribution is 5.85. The number of amides is 1. The minimum Gasteiger partial charge on any atom is -0.341 e. The van der Waals surface area contributed by atoms with Crippen molar-refractivity contribution >= 4 is 5.91 Å². The first kappa shape index (κ1) is 13.2. The van der Waals surface area contributed by atoms with Gasteiger partial charge in [0.1, 0.15) is 5.54 Å². The summed E-state index contributed by atoms with van der Waals surface area (Å²) in [6.45, 7) is 4.46. The van der Waals surface area contributed by atoms with E-state index in [0.29, 0.717) is 0 Å². The Morgan fingerprint density at radius 1 is 1.14 bits per heavy atom. The molecule has 0 saturated carbocycles. The lowest BCUT2D eigenvalue weighted by Gasteiger charge is -2.31. The largest absolute Gasteiger partial charge is 0.410 e. The van der Waals surface area contributed by atoms with Crippen molar-refractivity contribution in [3.05, 3.63) is 0 Å². The van der Waals surface area contributed by atoms with E-state index in [1.165, 1.54) is 13.8 Å². The molecule has 1 amide bonds. The van der Waals surface area contributed by atoms with Gasteiger partial charge in [0.15, 0.2) is 0 Å². The summed E-state index contributed by atoms with van der Waals surface area (Å²) in [7, 11) is 0. The van der Waals surface area contributed by atoms with Crippen molar-refractivity contribution in [2.75, 3.05) is 0 Å². The van der Waals surface area contributed by atoms with Crippen molar-refractivity contribution in [2.24, 2.45) is 5.73 Å². The van der Waals surface area contributed by atoms with Gasteiger partial charge in [-0.25, -0.2) is 0 Å². The van der Waals surface area contributed by atoms with E-state index < -0.39 is 23.2 Å². The van der Waals surface area contributed by atoms with Gasteiger partial charge in [-0.05, 0) is 27.7 Å². The van der Waals surface area contributed by atoms with Crippen molar-refractivity contribution in [2.45, 2.75) is 44.9 Å². The van der Waals surface area contributed by atoms with E-state index in [4.69, 9.17) is 5.73 Å². The van der Waals surface area contributed by atoms with Gasteiger partial charge in [0.25, 0.3) is 0 Å². The highest BCUT2D eigenvalue weighted by Gasteiger charge is 2.49. The standard InChI is InChI=1S/C8H15F3N2O/c1-6(2,12)5(14)13-7(3,4)8(9,10)11/h12H2,1-4H3,(H,13,14). The summed E-state index contributed by atoms with van der Waals surface area (Å²) in [5.74, 6) is -0.833. The molecule has 0 heterocycles. The summed E-state index contributed by atoms with van der Waals surface area (Å²) in [5.41, 5.74) is 1.77. The third kappa shape index (κ3) is 3.17. The number of rotatable bonds is 2. The first-order chi connectivity index (χ1) is 5.88. The molecule has 0 aliphatic rings. The molecule has 0 aromatic carbocycles. The van der Waals surface area contributed by atoms with E-state index in [0.717, 1.165) is 13.8 Å². The fourth-order valence-electron chi connectivity index (χ4n) is 0.516. The average Bonchev–Trinajstić information content (AvgIpc) is 1.80. The zero-order valence-electron chi connectivity index (χ0n) is 8.62. The molecule has 6 heteroatoms. The van der Waals surface area contributed by atoms with Gasteiger partial charge in [0.05, 0.1) is 5.54 Å². The predicted octanol–water partition coefficient (Wildman–Crippen LogP) is 1.18. The van der Waals surface area contributed by atoms with Crippen molar-refractivity contribution in [1.29, 1.82) is 0 Å². The fourth-order valence-corrected chi connectivity index (χ4v) is 0.516. The number of nitrogens with two attached hydrogens (primary N) is 1. The van der Waals surface area contributed by atoms with Crippen LogP contribution >= 0.6 is 0 Å². The summed E-state index contributed by atoms with van der Waals surface area (Å²) in [6.07, 6.45) is -4.49. The first-order valence-electron chi connectivity index (χ1n) is 4.06. The van der Waals surface area contributed by atoms with Gasteiger partial charge in [-0.2, -0.15) is 13.2 Å². The van der Waals surface area contributed by atoms with Crippen LogP contribution in [0.1, 0.15) is 27.7 Å². The zero-order valence-corrected chi connectivity index (χ0v) is 8.62. The lowest BCUT2D eigenvalue weighted by molar-refractivity contribution is -0.189. The molecule has 0 aliphatic heterocycles. The third-order valence-electron chi connectivity index (χ3n) is 1.72. The Kier molecular flexibility index (Phi) is 3.23. The lowest BCUT2D eigenvalue weighted by atomic mass is 10.0. The van der Waals surface area contributed by atoms with Gasteiger partial charge in [0, 0.05) is 0 Å². The molecule has 0 aromatic rings. The van der Waals surface area contributed by atoms with Crippen LogP contribution in [0.5, 0.6) is 0 Å². The van der Waals surface area contributed by atoms with Crippen molar-refractivity contribution in [1.82, 2.24) is 5.32 Å². The molecule has 14 heavy (non-hydrogen) atoms. The Balaban J connectivity index is 4.62. The Morgan fingerprint density at radius 2 is 1.50 bits per heavy atom. The van der Waals surface area contributed by atoms with E-state index in [1.807, 2.05) is 5.32 Å². The highest BCUT2D eigenvalue weighted by atomic mass is 19.4. The van der Waals surface area contributed by atoms with Gasteiger partial charge >= 0.3 is 6.18 Å².